The minimum atomic E-state index is -1.30. The normalized spacial score (nSPS) is 14.3. The molecule has 6 nitrogen and oxygen atoms in total. The van der Waals surface area contributed by atoms with Crippen molar-refractivity contribution in [1.82, 2.24) is 0 Å². The lowest BCUT2D eigenvalue weighted by Gasteiger charge is -2.14. The first-order valence-electron chi connectivity index (χ1n) is 3.54. The molecule has 0 aliphatic carbocycles. The second-order valence-corrected chi connectivity index (χ2v) is 2.40. The van der Waals surface area contributed by atoms with Crippen LogP contribution in [0.5, 0.6) is 0 Å². The standard InChI is InChI=1S/C7H11NO5/c1-13-7(12)5(8)4(2-3-9)6(10)11/h3-5H,2,8H2,1H3,(H,10,11). The molecule has 6 heteroatoms. The lowest BCUT2D eigenvalue weighted by molar-refractivity contribution is -0.152. The van der Waals surface area contributed by atoms with Gasteiger partial charge in [0.25, 0.3) is 0 Å². The molecule has 0 heterocycles. The van der Waals surface area contributed by atoms with E-state index in [1.165, 1.54) is 0 Å². The van der Waals surface area contributed by atoms with Crippen LogP contribution in [0.3, 0.4) is 0 Å². The van der Waals surface area contributed by atoms with Gasteiger partial charge in [0.1, 0.15) is 12.3 Å². The Hall–Kier alpha value is -1.43. The van der Waals surface area contributed by atoms with E-state index in [4.69, 9.17) is 10.8 Å². The summed E-state index contributed by atoms with van der Waals surface area (Å²) in [5.41, 5.74) is 5.24. The molecule has 0 radical (unpaired) electrons. The number of carbonyl (C=O) groups excluding carboxylic acids is 2. The molecule has 0 aromatic rings. The smallest absolute Gasteiger partial charge is 0.323 e. The third-order valence-corrected chi connectivity index (χ3v) is 1.57. The Kier molecular flexibility index (Phi) is 4.68. The van der Waals surface area contributed by atoms with E-state index in [1.807, 2.05) is 0 Å². The molecule has 0 saturated heterocycles. The van der Waals surface area contributed by atoms with Crippen molar-refractivity contribution in [3.05, 3.63) is 0 Å². The van der Waals surface area contributed by atoms with E-state index >= 15 is 0 Å². The molecule has 2 atom stereocenters. The summed E-state index contributed by atoms with van der Waals surface area (Å²) in [5.74, 6) is -3.34. The van der Waals surface area contributed by atoms with E-state index in [1.54, 1.807) is 0 Å². The highest BCUT2D eigenvalue weighted by atomic mass is 16.5. The molecular formula is C7H11NO5. The Morgan fingerprint density at radius 1 is 1.62 bits per heavy atom. The lowest BCUT2D eigenvalue weighted by atomic mass is 9.98. The summed E-state index contributed by atoms with van der Waals surface area (Å²) in [4.78, 5) is 31.4. The predicted octanol–water partition coefficient (Wildman–Crippen LogP) is -1.22. The Morgan fingerprint density at radius 3 is 2.46 bits per heavy atom. The van der Waals surface area contributed by atoms with Gasteiger partial charge in [0.15, 0.2) is 0 Å². The fourth-order valence-corrected chi connectivity index (χ4v) is 0.805. The Labute approximate surface area is 74.7 Å². The van der Waals surface area contributed by atoms with Crippen LogP contribution in [0.4, 0.5) is 0 Å². The second-order valence-electron chi connectivity index (χ2n) is 2.40. The number of carboxylic acid groups (broad SMARTS) is 1. The molecule has 3 N–H and O–H groups in total. The maximum Gasteiger partial charge on any atom is 0.323 e. The zero-order valence-electron chi connectivity index (χ0n) is 7.10. The zero-order chi connectivity index (χ0) is 10.4. The molecule has 0 bridgehead atoms. The van der Waals surface area contributed by atoms with Crippen LogP contribution in [-0.4, -0.2) is 36.5 Å². The van der Waals surface area contributed by atoms with Crippen LogP contribution in [0.1, 0.15) is 6.42 Å². The van der Waals surface area contributed by atoms with Crippen LogP contribution >= 0.6 is 0 Å². The highest BCUT2D eigenvalue weighted by molar-refractivity contribution is 5.85. The molecule has 0 aliphatic heterocycles. The third kappa shape index (κ3) is 3.20. The third-order valence-electron chi connectivity index (χ3n) is 1.57. The number of methoxy groups -OCH3 is 1. The SMILES string of the molecule is COC(=O)C(N)C(CC=O)C(=O)O. The van der Waals surface area contributed by atoms with Gasteiger partial charge in [-0.3, -0.25) is 9.59 Å². The summed E-state index contributed by atoms with van der Waals surface area (Å²) in [7, 11) is 1.10. The van der Waals surface area contributed by atoms with Gasteiger partial charge >= 0.3 is 11.9 Å². The maximum absolute atomic E-state index is 10.8. The average molecular weight is 189 g/mol. The van der Waals surface area contributed by atoms with Crippen molar-refractivity contribution in [2.24, 2.45) is 11.7 Å². The van der Waals surface area contributed by atoms with Crippen molar-refractivity contribution in [2.75, 3.05) is 7.11 Å². The van der Waals surface area contributed by atoms with Gasteiger partial charge in [0.05, 0.1) is 13.0 Å². The minimum absolute atomic E-state index is 0.300. The summed E-state index contributed by atoms with van der Waals surface area (Å²) < 4.78 is 4.25. The quantitative estimate of drug-likeness (QED) is 0.414. The molecular weight excluding hydrogens is 178 g/mol. The number of carboxylic acids is 1. The van der Waals surface area contributed by atoms with Gasteiger partial charge in [-0.2, -0.15) is 0 Å². The number of hydrogen-bond donors (Lipinski definition) is 2. The first-order valence-corrected chi connectivity index (χ1v) is 3.54. The number of nitrogens with two attached hydrogens (primary N) is 1. The number of rotatable bonds is 5. The minimum Gasteiger partial charge on any atom is -0.481 e. The molecule has 13 heavy (non-hydrogen) atoms. The van der Waals surface area contributed by atoms with E-state index in [-0.39, 0.29) is 6.42 Å². The number of ether oxygens (including phenoxy) is 1. The first-order chi connectivity index (χ1) is 6.04. The molecule has 0 amide bonds. The van der Waals surface area contributed by atoms with Gasteiger partial charge in [-0.1, -0.05) is 0 Å². The van der Waals surface area contributed by atoms with E-state index in [9.17, 15) is 14.4 Å². The fraction of sp³-hybridized carbons (Fsp3) is 0.571. The molecule has 0 spiro atoms. The molecule has 0 rings (SSSR count). The Bertz CT molecular complexity index is 215. The summed E-state index contributed by atoms with van der Waals surface area (Å²) in [6.07, 6.45) is 0.104. The van der Waals surface area contributed by atoms with Gasteiger partial charge in [-0.15, -0.1) is 0 Å². The van der Waals surface area contributed by atoms with Crippen molar-refractivity contribution in [3.8, 4) is 0 Å². The largest absolute Gasteiger partial charge is 0.481 e. The van der Waals surface area contributed by atoms with E-state index in [2.05, 4.69) is 4.74 Å². The summed E-state index contributed by atoms with van der Waals surface area (Å²) >= 11 is 0. The van der Waals surface area contributed by atoms with Gasteiger partial charge < -0.3 is 20.4 Å². The van der Waals surface area contributed by atoms with E-state index in [0.29, 0.717) is 6.29 Å². The highest BCUT2D eigenvalue weighted by Gasteiger charge is 2.30. The number of hydrogen-bond acceptors (Lipinski definition) is 5. The van der Waals surface area contributed by atoms with Gasteiger partial charge in [-0.25, -0.2) is 0 Å². The van der Waals surface area contributed by atoms with Crippen molar-refractivity contribution in [1.29, 1.82) is 0 Å². The van der Waals surface area contributed by atoms with Crippen LogP contribution in [0.15, 0.2) is 0 Å². The van der Waals surface area contributed by atoms with Gasteiger partial charge in [0.2, 0.25) is 0 Å². The topological polar surface area (TPSA) is 107 Å². The predicted molar refractivity (Wildman–Crippen MR) is 41.8 cm³/mol. The second kappa shape index (κ2) is 5.26. The Balaban J connectivity index is 4.44. The number of aldehydes is 1. The number of carbonyl (C=O) groups is 3. The van der Waals surface area contributed by atoms with Crippen molar-refractivity contribution >= 4 is 18.2 Å². The highest BCUT2D eigenvalue weighted by Crippen LogP contribution is 2.07. The number of aliphatic carboxylic acids is 1. The molecule has 0 aromatic heterocycles. The monoisotopic (exact) mass is 189 g/mol. The fourth-order valence-electron chi connectivity index (χ4n) is 0.805. The van der Waals surface area contributed by atoms with Crippen LogP contribution in [-0.2, 0) is 19.1 Å². The molecule has 74 valence electrons. The van der Waals surface area contributed by atoms with Crippen LogP contribution in [0.2, 0.25) is 0 Å². The van der Waals surface area contributed by atoms with Crippen molar-refractivity contribution < 1.29 is 24.2 Å². The van der Waals surface area contributed by atoms with E-state index in [0.717, 1.165) is 7.11 Å². The lowest BCUT2D eigenvalue weighted by Crippen LogP contribution is -2.42. The van der Waals surface area contributed by atoms with Gasteiger partial charge in [0, 0.05) is 6.42 Å². The Morgan fingerprint density at radius 2 is 2.15 bits per heavy atom. The maximum atomic E-state index is 10.8. The molecule has 0 fully saturated rings. The molecule has 2 unspecified atom stereocenters. The molecule has 0 aromatic carbocycles. The summed E-state index contributed by atoms with van der Waals surface area (Å²) in [6, 6.07) is -1.30. The van der Waals surface area contributed by atoms with E-state index < -0.39 is 23.9 Å². The molecule has 0 saturated carbocycles. The summed E-state index contributed by atoms with van der Waals surface area (Å²) in [5, 5.41) is 8.57. The van der Waals surface area contributed by atoms with Crippen molar-refractivity contribution in [2.45, 2.75) is 12.5 Å². The van der Waals surface area contributed by atoms with Gasteiger partial charge in [-0.05, 0) is 0 Å². The van der Waals surface area contributed by atoms with Crippen LogP contribution in [0, 0.1) is 5.92 Å². The van der Waals surface area contributed by atoms with Crippen molar-refractivity contribution in [3.63, 3.8) is 0 Å². The summed E-state index contributed by atoms with van der Waals surface area (Å²) in [6.45, 7) is 0. The number of esters is 1. The first kappa shape index (κ1) is 11.6. The average Bonchev–Trinajstić information content (AvgIpc) is 2.11. The molecule has 0 aliphatic rings. The van der Waals surface area contributed by atoms with Crippen LogP contribution in [0.25, 0.3) is 0 Å². The van der Waals surface area contributed by atoms with Crippen LogP contribution < -0.4 is 5.73 Å². The zero-order valence-corrected chi connectivity index (χ0v) is 7.10.